The molecule has 0 saturated carbocycles. The molecule has 0 aromatic heterocycles. The van der Waals surface area contributed by atoms with Crippen LogP contribution in [0, 0.1) is 0 Å². The Morgan fingerprint density at radius 3 is 0.913 bits per heavy atom. The van der Waals surface area contributed by atoms with Crippen LogP contribution in [0.5, 0.6) is 0 Å². The number of hydrogen-bond donors (Lipinski definition) is 4. The van der Waals surface area contributed by atoms with Crippen LogP contribution in [0.15, 0.2) is 0 Å². The summed E-state index contributed by atoms with van der Waals surface area (Å²) in [5, 5.41) is 32.3. The van der Waals surface area contributed by atoms with E-state index < -0.39 is 0 Å². The summed E-state index contributed by atoms with van der Waals surface area (Å²) in [5.74, 6) is 0. The van der Waals surface area contributed by atoms with E-state index in [-0.39, 0.29) is 6.61 Å². The van der Waals surface area contributed by atoms with E-state index in [0.717, 1.165) is 32.1 Å². The second-order valence-electron chi connectivity index (χ2n) is 5.32. The molecular weight excluding hydrogens is 292 g/mol. The largest absolute Gasteiger partial charge is 0.397 e. The fourth-order valence-corrected chi connectivity index (χ4v) is 1.41. The normalized spacial score (nSPS) is 8.87. The zero-order valence-corrected chi connectivity index (χ0v) is 16.4. The van der Waals surface area contributed by atoms with Crippen molar-refractivity contribution in [2.75, 3.05) is 26.4 Å². The predicted molar refractivity (Wildman–Crippen MR) is 102 cm³/mol. The second-order valence-corrected chi connectivity index (χ2v) is 5.32. The van der Waals surface area contributed by atoms with Crippen LogP contribution in [0.4, 0.5) is 0 Å². The number of hydrogen-bond acceptors (Lipinski definition) is 4. The standard InChI is InChI=1S/C8H18O.C5H12O.C4H10O.C2H6O/c1-2-3-4-5-6-7-8-9;1-2-3-4-5-6;1-2-3-4-5;1-2-3/h9H,2-8H2,1H3;6H,2-5H2,1H3;5H,2-4H2,1H3;3H,2H2,1H3. The maximum atomic E-state index is 8.42. The Bertz CT molecular complexity index is 121. The molecule has 0 aliphatic carbocycles. The summed E-state index contributed by atoms with van der Waals surface area (Å²) in [6, 6.07) is 0. The smallest absolute Gasteiger partial charge is 0.0431 e. The van der Waals surface area contributed by atoms with Crippen molar-refractivity contribution < 1.29 is 20.4 Å². The highest BCUT2D eigenvalue weighted by atomic mass is 16.3. The number of unbranched alkanes of at least 4 members (excludes halogenated alkanes) is 8. The van der Waals surface area contributed by atoms with Crippen molar-refractivity contribution in [3.8, 4) is 0 Å². The van der Waals surface area contributed by atoms with Gasteiger partial charge in [-0.05, 0) is 26.2 Å². The van der Waals surface area contributed by atoms with Crippen LogP contribution in [0.25, 0.3) is 0 Å². The van der Waals surface area contributed by atoms with Gasteiger partial charge in [0.05, 0.1) is 0 Å². The molecule has 0 aliphatic heterocycles. The summed E-state index contributed by atoms with van der Waals surface area (Å²) in [4.78, 5) is 0. The summed E-state index contributed by atoms with van der Waals surface area (Å²) in [6.07, 6.45) is 12.9. The highest BCUT2D eigenvalue weighted by Gasteiger charge is 1.86. The molecule has 0 aromatic rings. The first-order chi connectivity index (χ1) is 11.2. The van der Waals surface area contributed by atoms with Gasteiger partial charge in [0.2, 0.25) is 0 Å². The molecule has 0 spiro atoms. The molecule has 4 heteroatoms. The SMILES string of the molecule is CCCCCCCCO.CCCCCO.CCCCO.CCO. The summed E-state index contributed by atoms with van der Waals surface area (Å²) >= 11 is 0. The van der Waals surface area contributed by atoms with Gasteiger partial charge in [0.25, 0.3) is 0 Å². The molecule has 146 valence electrons. The lowest BCUT2D eigenvalue weighted by molar-refractivity contribution is 0.282. The van der Waals surface area contributed by atoms with Gasteiger partial charge in [-0.3, -0.25) is 0 Å². The molecule has 0 aliphatic rings. The van der Waals surface area contributed by atoms with Crippen LogP contribution < -0.4 is 0 Å². The van der Waals surface area contributed by atoms with Crippen molar-refractivity contribution in [1.82, 2.24) is 0 Å². The minimum Gasteiger partial charge on any atom is -0.397 e. The Morgan fingerprint density at radius 1 is 0.391 bits per heavy atom. The molecule has 0 saturated heterocycles. The Morgan fingerprint density at radius 2 is 0.652 bits per heavy atom. The van der Waals surface area contributed by atoms with Crippen molar-refractivity contribution in [3.05, 3.63) is 0 Å². The third-order valence-electron chi connectivity index (χ3n) is 2.79. The van der Waals surface area contributed by atoms with Crippen LogP contribution >= 0.6 is 0 Å². The molecule has 0 heterocycles. The summed E-state index contributed by atoms with van der Waals surface area (Å²) in [5.41, 5.74) is 0. The topological polar surface area (TPSA) is 80.9 Å². The molecule has 0 radical (unpaired) electrons. The third kappa shape index (κ3) is 73.2. The maximum absolute atomic E-state index is 8.42. The van der Waals surface area contributed by atoms with Crippen molar-refractivity contribution in [2.45, 2.75) is 98.3 Å². The van der Waals surface area contributed by atoms with E-state index in [1.54, 1.807) is 6.92 Å². The van der Waals surface area contributed by atoms with Gasteiger partial charge in [0.15, 0.2) is 0 Å². The lowest BCUT2D eigenvalue weighted by Gasteiger charge is -1.95. The fourth-order valence-electron chi connectivity index (χ4n) is 1.41. The van der Waals surface area contributed by atoms with Crippen molar-refractivity contribution in [1.29, 1.82) is 0 Å². The van der Waals surface area contributed by atoms with Gasteiger partial charge in [-0.25, -0.2) is 0 Å². The molecule has 0 atom stereocenters. The van der Waals surface area contributed by atoms with Gasteiger partial charge in [0.1, 0.15) is 0 Å². The van der Waals surface area contributed by atoms with Gasteiger partial charge in [-0.15, -0.1) is 0 Å². The van der Waals surface area contributed by atoms with Crippen LogP contribution in [-0.2, 0) is 0 Å². The average Bonchev–Trinajstić information content (AvgIpc) is 2.55. The maximum Gasteiger partial charge on any atom is 0.0431 e. The molecule has 0 rings (SSSR count). The Balaban J connectivity index is -0.000000113. The van der Waals surface area contributed by atoms with E-state index in [9.17, 15) is 0 Å². The van der Waals surface area contributed by atoms with E-state index >= 15 is 0 Å². The molecule has 0 fully saturated rings. The van der Waals surface area contributed by atoms with E-state index in [4.69, 9.17) is 20.4 Å². The van der Waals surface area contributed by atoms with Crippen LogP contribution in [0.2, 0.25) is 0 Å². The molecular formula is C19H46O4. The molecule has 0 bridgehead atoms. The molecule has 0 amide bonds. The van der Waals surface area contributed by atoms with Crippen molar-refractivity contribution >= 4 is 0 Å². The Kier molecular flexibility index (Phi) is 57.5. The van der Waals surface area contributed by atoms with Gasteiger partial charge < -0.3 is 20.4 Å². The molecule has 0 aromatic carbocycles. The second kappa shape index (κ2) is 43.1. The monoisotopic (exact) mass is 338 g/mol. The van der Waals surface area contributed by atoms with Gasteiger partial charge >= 0.3 is 0 Å². The van der Waals surface area contributed by atoms with Crippen molar-refractivity contribution in [2.24, 2.45) is 0 Å². The zero-order valence-electron chi connectivity index (χ0n) is 16.4. The summed E-state index contributed by atoms with van der Waals surface area (Å²) < 4.78 is 0. The van der Waals surface area contributed by atoms with E-state index in [1.165, 1.54) is 38.5 Å². The summed E-state index contributed by atoms with van der Waals surface area (Å²) in [6.45, 7) is 9.38. The molecule has 4 nitrogen and oxygen atoms in total. The number of rotatable bonds is 11. The average molecular weight is 339 g/mol. The Hall–Kier alpha value is -0.160. The first-order valence-corrected chi connectivity index (χ1v) is 9.59. The van der Waals surface area contributed by atoms with E-state index in [2.05, 4.69) is 20.8 Å². The minimum atomic E-state index is 0.250. The number of aliphatic hydroxyl groups is 4. The molecule has 0 unspecified atom stereocenters. The molecule has 4 N–H and O–H groups in total. The van der Waals surface area contributed by atoms with E-state index in [1.807, 2.05) is 0 Å². The summed E-state index contributed by atoms with van der Waals surface area (Å²) in [7, 11) is 0. The fraction of sp³-hybridized carbons (Fsp3) is 1.00. The number of aliphatic hydroxyl groups excluding tert-OH is 4. The highest BCUT2D eigenvalue weighted by Crippen LogP contribution is 2.03. The van der Waals surface area contributed by atoms with Crippen LogP contribution in [-0.4, -0.2) is 46.9 Å². The Labute approximate surface area is 146 Å². The zero-order chi connectivity index (χ0) is 18.6. The first-order valence-electron chi connectivity index (χ1n) is 9.59. The highest BCUT2D eigenvalue weighted by molar-refractivity contribution is 4.41. The predicted octanol–water partition coefficient (Wildman–Crippen LogP) is 4.29. The van der Waals surface area contributed by atoms with Gasteiger partial charge in [-0.1, -0.05) is 72.1 Å². The minimum absolute atomic E-state index is 0.250. The van der Waals surface area contributed by atoms with Crippen LogP contribution in [0.3, 0.4) is 0 Å². The molecule has 23 heavy (non-hydrogen) atoms. The van der Waals surface area contributed by atoms with Crippen LogP contribution in [0.1, 0.15) is 98.3 Å². The lowest BCUT2D eigenvalue weighted by Crippen LogP contribution is -1.82. The van der Waals surface area contributed by atoms with E-state index in [0.29, 0.717) is 19.8 Å². The van der Waals surface area contributed by atoms with Crippen molar-refractivity contribution in [3.63, 3.8) is 0 Å². The van der Waals surface area contributed by atoms with Gasteiger partial charge in [-0.2, -0.15) is 0 Å². The van der Waals surface area contributed by atoms with Gasteiger partial charge in [0, 0.05) is 26.4 Å². The first kappa shape index (κ1) is 30.7. The quantitative estimate of drug-likeness (QED) is 0.424. The third-order valence-corrected chi connectivity index (χ3v) is 2.79. The lowest BCUT2D eigenvalue weighted by atomic mass is 10.1.